The van der Waals surface area contributed by atoms with Gasteiger partial charge in [0.05, 0.1) is 0 Å². The van der Waals surface area contributed by atoms with Gasteiger partial charge in [0.2, 0.25) is 0 Å². The van der Waals surface area contributed by atoms with Crippen LogP contribution in [0.5, 0.6) is 0 Å². The zero-order valence-electron chi connectivity index (χ0n) is 13.4. The van der Waals surface area contributed by atoms with E-state index in [0.717, 1.165) is 31.7 Å². The van der Waals surface area contributed by atoms with Gasteiger partial charge in [-0.2, -0.15) is 0 Å². The second-order valence-corrected chi connectivity index (χ2v) is 5.96. The fourth-order valence-corrected chi connectivity index (χ4v) is 3.28. The highest BCUT2D eigenvalue weighted by Crippen LogP contribution is 2.26. The molecule has 1 aliphatic rings. The number of benzene rings is 2. The molecule has 23 heavy (non-hydrogen) atoms. The lowest BCUT2D eigenvalue weighted by Crippen LogP contribution is -2.49. The zero-order valence-corrected chi connectivity index (χ0v) is 13.4. The minimum absolute atomic E-state index is 0.560. The molecule has 4 nitrogen and oxygen atoms in total. The third-order valence-corrected chi connectivity index (χ3v) is 4.48. The standard InChI is InChI=1S/C19H22N2O2/c1-15-7-5-6-10-17(15)20-11-13-21(14-12-20)18(19(22)23)16-8-3-2-4-9-16/h2-10,18H,11-14H2,1H3,(H,22,23)/t18-/m1/s1. The van der Waals surface area contributed by atoms with E-state index in [1.54, 1.807) is 0 Å². The van der Waals surface area contributed by atoms with Crippen molar-refractivity contribution in [3.8, 4) is 0 Å². The molecule has 120 valence electrons. The molecule has 2 aromatic rings. The van der Waals surface area contributed by atoms with Crippen LogP contribution in [0, 0.1) is 6.92 Å². The summed E-state index contributed by atoms with van der Waals surface area (Å²) in [5, 5.41) is 9.65. The molecule has 1 fully saturated rings. The topological polar surface area (TPSA) is 43.8 Å². The Hall–Kier alpha value is -2.33. The highest BCUT2D eigenvalue weighted by atomic mass is 16.4. The van der Waals surface area contributed by atoms with Gasteiger partial charge in [-0.1, -0.05) is 48.5 Å². The molecule has 0 aliphatic carbocycles. The van der Waals surface area contributed by atoms with Crippen molar-refractivity contribution >= 4 is 11.7 Å². The first kappa shape index (κ1) is 15.6. The van der Waals surface area contributed by atoms with E-state index in [1.807, 2.05) is 36.4 Å². The van der Waals surface area contributed by atoms with Crippen LogP contribution in [-0.4, -0.2) is 42.2 Å². The Morgan fingerprint density at radius 1 is 0.957 bits per heavy atom. The lowest BCUT2D eigenvalue weighted by atomic mass is 10.0. The maximum Gasteiger partial charge on any atom is 0.325 e. The lowest BCUT2D eigenvalue weighted by Gasteiger charge is -2.39. The molecular formula is C19H22N2O2. The summed E-state index contributed by atoms with van der Waals surface area (Å²) < 4.78 is 0. The van der Waals surface area contributed by atoms with Crippen LogP contribution in [0.1, 0.15) is 17.2 Å². The maximum atomic E-state index is 11.7. The Bertz CT molecular complexity index is 664. The predicted molar refractivity (Wildman–Crippen MR) is 91.8 cm³/mol. The number of anilines is 1. The quantitative estimate of drug-likeness (QED) is 0.943. The Balaban J connectivity index is 1.72. The average molecular weight is 310 g/mol. The van der Waals surface area contributed by atoms with E-state index < -0.39 is 12.0 Å². The molecular weight excluding hydrogens is 288 g/mol. The summed E-state index contributed by atoms with van der Waals surface area (Å²) in [5.41, 5.74) is 3.36. The first-order valence-electron chi connectivity index (χ1n) is 7.99. The van der Waals surface area contributed by atoms with Crippen molar-refractivity contribution in [1.29, 1.82) is 0 Å². The first-order valence-corrected chi connectivity index (χ1v) is 7.99. The number of carboxylic acids is 1. The number of hydrogen-bond donors (Lipinski definition) is 1. The van der Waals surface area contributed by atoms with Crippen LogP contribution in [0.2, 0.25) is 0 Å². The van der Waals surface area contributed by atoms with E-state index in [4.69, 9.17) is 0 Å². The second kappa shape index (κ2) is 6.84. The number of aryl methyl sites for hydroxylation is 1. The third-order valence-electron chi connectivity index (χ3n) is 4.48. The summed E-state index contributed by atoms with van der Waals surface area (Å²) >= 11 is 0. The highest BCUT2D eigenvalue weighted by Gasteiger charge is 2.30. The van der Waals surface area contributed by atoms with Gasteiger partial charge in [0.1, 0.15) is 6.04 Å². The average Bonchev–Trinajstić information content (AvgIpc) is 2.57. The molecule has 0 aromatic heterocycles. The fourth-order valence-electron chi connectivity index (χ4n) is 3.28. The van der Waals surface area contributed by atoms with Gasteiger partial charge >= 0.3 is 5.97 Å². The molecule has 1 saturated heterocycles. The van der Waals surface area contributed by atoms with Crippen molar-refractivity contribution < 1.29 is 9.90 Å². The lowest BCUT2D eigenvalue weighted by molar-refractivity contribution is -0.143. The largest absolute Gasteiger partial charge is 0.480 e. The molecule has 0 unspecified atom stereocenters. The third kappa shape index (κ3) is 3.37. The molecule has 1 heterocycles. The number of carboxylic acid groups (broad SMARTS) is 1. The Labute approximate surface area is 137 Å². The van der Waals surface area contributed by atoms with Crippen molar-refractivity contribution in [2.24, 2.45) is 0 Å². The van der Waals surface area contributed by atoms with Gasteiger partial charge in [-0.15, -0.1) is 0 Å². The number of nitrogens with zero attached hydrogens (tertiary/aromatic N) is 2. The minimum atomic E-state index is -0.777. The van der Waals surface area contributed by atoms with E-state index in [0.29, 0.717) is 0 Å². The molecule has 0 bridgehead atoms. The highest BCUT2D eigenvalue weighted by molar-refractivity contribution is 5.75. The summed E-state index contributed by atoms with van der Waals surface area (Å²) in [5.74, 6) is -0.777. The molecule has 1 N–H and O–H groups in total. The monoisotopic (exact) mass is 310 g/mol. The summed E-state index contributed by atoms with van der Waals surface area (Å²) in [6, 6.07) is 17.3. The number of hydrogen-bond acceptors (Lipinski definition) is 3. The zero-order chi connectivity index (χ0) is 16.2. The molecule has 4 heteroatoms. The number of aliphatic carboxylic acids is 1. The summed E-state index contributed by atoms with van der Waals surface area (Å²) in [7, 11) is 0. The number of para-hydroxylation sites is 1. The van der Waals surface area contributed by atoms with Gasteiger partial charge < -0.3 is 10.0 Å². The van der Waals surface area contributed by atoms with Gasteiger partial charge in [-0.05, 0) is 24.1 Å². The molecule has 0 spiro atoms. The van der Waals surface area contributed by atoms with E-state index in [-0.39, 0.29) is 0 Å². The van der Waals surface area contributed by atoms with Gasteiger partial charge in [-0.3, -0.25) is 9.69 Å². The molecule has 0 radical (unpaired) electrons. The van der Waals surface area contributed by atoms with E-state index in [9.17, 15) is 9.90 Å². The second-order valence-electron chi connectivity index (χ2n) is 5.96. The van der Waals surface area contributed by atoms with Crippen LogP contribution in [0.3, 0.4) is 0 Å². The summed E-state index contributed by atoms with van der Waals surface area (Å²) in [6.07, 6.45) is 0. The van der Waals surface area contributed by atoms with Crippen molar-refractivity contribution in [3.05, 3.63) is 65.7 Å². The van der Waals surface area contributed by atoms with E-state index in [1.165, 1.54) is 11.3 Å². The van der Waals surface area contributed by atoms with Crippen molar-refractivity contribution in [2.45, 2.75) is 13.0 Å². The van der Waals surface area contributed by atoms with Gasteiger partial charge in [-0.25, -0.2) is 0 Å². The van der Waals surface area contributed by atoms with Crippen LogP contribution >= 0.6 is 0 Å². The smallest absolute Gasteiger partial charge is 0.325 e. The molecule has 3 rings (SSSR count). The number of rotatable bonds is 4. The van der Waals surface area contributed by atoms with E-state index in [2.05, 4.69) is 34.9 Å². The fraction of sp³-hybridized carbons (Fsp3) is 0.316. The molecule has 0 amide bonds. The molecule has 2 aromatic carbocycles. The molecule has 1 atom stereocenters. The maximum absolute atomic E-state index is 11.7. The Morgan fingerprint density at radius 3 is 2.17 bits per heavy atom. The number of piperazine rings is 1. The van der Waals surface area contributed by atoms with Crippen molar-refractivity contribution in [3.63, 3.8) is 0 Å². The predicted octanol–water partition coefficient (Wildman–Crippen LogP) is 2.94. The first-order chi connectivity index (χ1) is 11.2. The SMILES string of the molecule is Cc1ccccc1N1CCN([C@@H](C(=O)O)c2ccccc2)CC1. The van der Waals surface area contributed by atoms with Crippen LogP contribution in [0.4, 0.5) is 5.69 Å². The minimum Gasteiger partial charge on any atom is -0.480 e. The van der Waals surface area contributed by atoms with Gasteiger partial charge in [0, 0.05) is 31.9 Å². The van der Waals surface area contributed by atoms with Gasteiger partial charge in [0.25, 0.3) is 0 Å². The summed E-state index contributed by atoms with van der Waals surface area (Å²) in [4.78, 5) is 16.2. The van der Waals surface area contributed by atoms with Crippen molar-refractivity contribution in [1.82, 2.24) is 4.90 Å². The Morgan fingerprint density at radius 2 is 1.57 bits per heavy atom. The number of carbonyl (C=O) groups is 1. The summed E-state index contributed by atoms with van der Waals surface area (Å²) in [6.45, 7) is 5.31. The van der Waals surface area contributed by atoms with Crippen LogP contribution in [0.15, 0.2) is 54.6 Å². The molecule has 1 aliphatic heterocycles. The Kier molecular flexibility index (Phi) is 4.63. The van der Waals surface area contributed by atoms with Crippen LogP contribution in [-0.2, 0) is 4.79 Å². The van der Waals surface area contributed by atoms with Crippen molar-refractivity contribution in [2.75, 3.05) is 31.1 Å². The van der Waals surface area contributed by atoms with Gasteiger partial charge in [0.15, 0.2) is 0 Å². The normalized spacial score (nSPS) is 17.0. The molecule has 0 saturated carbocycles. The van der Waals surface area contributed by atoms with Crippen LogP contribution in [0.25, 0.3) is 0 Å². The van der Waals surface area contributed by atoms with E-state index >= 15 is 0 Å². The van der Waals surface area contributed by atoms with Crippen LogP contribution < -0.4 is 4.90 Å².